The van der Waals surface area contributed by atoms with Crippen molar-refractivity contribution in [3.05, 3.63) is 35.4 Å². The second-order valence-electron chi connectivity index (χ2n) is 7.53. The highest BCUT2D eigenvalue weighted by Crippen LogP contribution is 2.25. The van der Waals surface area contributed by atoms with Gasteiger partial charge in [-0.1, -0.05) is 30.7 Å². The number of hydrogen-bond acceptors (Lipinski definition) is 3. The summed E-state index contributed by atoms with van der Waals surface area (Å²) in [6.07, 6.45) is 6.72. The van der Waals surface area contributed by atoms with Gasteiger partial charge in [-0.25, -0.2) is 0 Å². The molecule has 0 amide bonds. The monoisotopic (exact) mass is 374 g/mol. The van der Waals surface area contributed by atoms with Crippen LogP contribution in [0.2, 0.25) is 0 Å². The van der Waals surface area contributed by atoms with Gasteiger partial charge in [0, 0.05) is 38.0 Å². The average Bonchev–Trinajstić information content (AvgIpc) is 3.18. The molecule has 2 unspecified atom stereocenters. The van der Waals surface area contributed by atoms with Crippen molar-refractivity contribution < 1.29 is 0 Å². The van der Waals surface area contributed by atoms with Gasteiger partial charge in [0.15, 0.2) is 5.96 Å². The first-order valence-corrected chi connectivity index (χ1v) is 11.2. The van der Waals surface area contributed by atoms with Gasteiger partial charge in [0.2, 0.25) is 0 Å². The van der Waals surface area contributed by atoms with Gasteiger partial charge in [-0.05, 0) is 56.0 Å². The van der Waals surface area contributed by atoms with Crippen LogP contribution in [0.3, 0.4) is 0 Å². The van der Waals surface area contributed by atoms with Gasteiger partial charge in [-0.15, -0.1) is 0 Å². The van der Waals surface area contributed by atoms with Crippen molar-refractivity contribution in [1.29, 1.82) is 0 Å². The average molecular weight is 375 g/mol. The molecule has 5 heteroatoms. The van der Waals surface area contributed by atoms with Crippen molar-refractivity contribution in [2.75, 3.05) is 25.9 Å². The van der Waals surface area contributed by atoms with E-state index in [1.807, 2.05) is 7.05 Å². The Labute approximate surface area is 163 Å². The number of aliphatic imine (C=N–C) groups is 1. The number of guanidine groups is 1. The van der Waals surface area contributed by atoms with Crippen LogP contribution in [0.15, 0.2) is 29.3 Å². The van der Waals surface area contributed by atoms with E-state index in [0.717, 1.165) is 30.8 Å². The minimum Gasteiger partial charge on any atom is -0.355 e. The zero-order valence-electron chi connectivity index (χ0n) is 16.3. The summed E-state index contributed by atoms with van der Waals surface area (Å²) < 4.78 is 0. The number of piperidine rings is 1. The van der Waals surface area contributed by atoms with E-state index in [0.29, 0.717) is 6.04 Å². The maximum atomic E-state index is 4.40. The SMILES string of the molecule is CN=C(NCc1ccccc1CN1CCCCC1C)NCC1CCCS1. The molecular formula is C21H34N4S. The lowest BCUT2D eigenvalue weighted by molar-refractivity contribution is 0.152. The van der Waals surface area contributed by atoms with Crippen molar-refractivity contribution in [2.24, 2.45) is 4.99 Å². The lowest BCUT2D eigenvalue weighted by atomic mass is 10.0. The predicted molar refractivity (Wildman–Crippen MR) is 114 cm³/mol. The van der Waals surface area contributed by atoms with E-state index in [1.165, 1.54) is 55.5 Å². The van der Waals surface area contributed by atoms with E-state index < -0.39 is 0 Å². The lowest BCUT2D eigenvalue weighted by Crippen LogP contribution is -2.40. The Balaban J connectivity index is 1.53. The van der Waals surface area contributed by atoms with Crippen molar-refractivity contribution >= 4 is 17.7 Å². The van der Waals surface area contributed by atoms with Crippen LogP contribution in [0.1, 0.15) is 50.2 Å². The molecule has 0 bridgehead atoms. The molecule has 1 aromatic carbocycles. The fourth-order valence-corrected chi connectivity index (χ4v) is 5.11. The Morgan fingerprint density at radius 2 is 2.00 bits per heavy atom. The summed E-state index contributed by atoms with van der Waals surface area (Å²) in [5, 5.41) is 7.74. The Bertz CT molecular complexity index is 583. The third-order valence-electron chi connectivity index (χ3n) is 5.62. The first kappa shape index (κ1) is 19.6. The topological polar surface area (TPSA) is 39.7 Å². The summed E-state index contributed by atoms with van der Waals surface area (Å²) in [6, 6.07) is 9.53. The van der Waals surface area contributed by atoms with E-state index in [4.69, 9.17) is 0 Å². The number of thioether (sulfide) groups is 1. The summed E-state index contributed by atoms with van der Waals surface area (Å²) in [7, 11) is 1.86. The third-order valence-corrected chi connectivity index (χ3v) is 7.02. The van der Waals surface area contributed by atoms with Crippen LogP contribution >= 0.6 is 11.8 Å². The van der Waals surface area contributed by atoms with Crippen LogP contribution in [-0.4, -0.2) is 48.0 Å². The van der Waals surface area contributed by atoms with Gasteiger partial charge in [-0.2, -0.15) is 11.8 Å². The number of nitrogens with zero attached hydrogens (tertiary/aromatic N) is 2. The maximum Gasteiger partial charge on any atom is 0.191 e. The van der Waals surface area contributed by atoms with Crippen molar-refractivity contribution in [2.45, 2.75) is 63.4 Å². The van der Waals surface area contributed by atoms with Crippen LogP contribution in [0, 0.1) is 0 Å². The number of likely N-dealkylation sites (tertiary alicyclic amines) is 1. The zero-order valence-corrected chi connectivity index (χ0v) is 17.2. The number of hydrogen-bond donors (Lipinski definition) is 2. The van der Waals surface area contributed by atoms with E-state index in [2.05, 4.69) is 63.5 Å². The molecule has 3 rings (SSSR count). The number of nitrogens with one attached hydrogen (secondary N) is 2. The summed E-state index contributed by atoms with van der Waals surface area (Å²) in [5.41, 5.74) is 2.82. The van der Waals surface area contributed by atoms with Gasteiger partial charge in [-0.3, -0.25) is 9.89 Å². The van der Waals surface area contributed by atoms with E-state index >= 15 is 0 Å². The van der Waals surface area contributed by atoms with Crippen LogP contribution in [-0.2, 0) is 13.1 Å². The Morgan fingerprint density at radius 3 is 2.73 bits per heavy atom. The largest absolute Gasteiger partial charge is 0.355 e. The van der Waals surface area contributed by atoms with Crippen LogP contribution in [0.4, 0.5) is 0 Å². The fraction of sp³-hybridized carbons (Fsp3) is 0.667. The molecule has 2 aliphatic heterocycles. The second-order valence-corrected chi connectivity index (χ2v) is 8.93. The normalized spacial score (nSPS) is 24.6. The summed E-state index contributed by atoms with van der Waals surface area (Å²) >= 11 is 2.08. The van der Waals surface area contributed by atoms with Gasteiger partial charge in [0.05, 0.1) is 0 Å². The van der Waals surface area contributed by atoms with Crippen LogP contribution < -0.4 is 10.6 Å². The summed E-state index contributed by atoms with van der Waals surface area (Å²) in [4.78, 5) is 7.03. The standard InChI is InChI=1S/C21H34N4S/c1-17-8-5-6-12-25(17)16-19-10-4-3-9-18(19)14-23-21(22-2)24-15-20-11-7-13-26-20/h3-4,9-10,17,20H,5-8,11-16H2,1-2H3,(H2,22,23,24). The van der Waals surface area contributed by atoms with Crippen molar-refractivity contribution in [1.82, 2.24) is 15.5 Å². The number of rotatable bonds is 6. The highest BCUT2D eigenvalue weighted by Gasteiger charge is 2.19. The zero-order chi connectivity index (χ0) is 18.2. The van der Waals surface area contributed by atoms with Crippen molar-refractivity contribution in [3.8, 4) is 0 Å². The van der Waals surface area contributed by atoms with E-state index in [9.17, 15) is 0 Å². The summed E-state index contributed by atoms with van der Waals surface area (Å²) in [5.74, 6) is 2.22. The third kappa shape index (κ3) is 5.65. The molecule has 0 saturated carbocycles. The van der Waals surface area contributed by atoms with Gasteiger partial charge >= 0.3 is 0 Å². The van der Waals surface area contributed by atoms with Crippen LogP contribution in [0.25, 0.3) is 0 Å². The molecule has 1 aromatic rings. The van der Waals surface area contributed by atoms with Gasteiger partial charge < -0.3 is 10.6 Å². The molecular weight excluding hydrogens is 340 g/mol. The molecule has 2 N–H and O–H groups in total. The maximum absolute atomic E-state index is 4.40. The molecule has 0 aromatic heterocycles. The first-order chi connectivity index (χ1) is 12.8. The molecule has 144 valence electrons. The molecule has 2 heterocycles. The molecule has 4 nitrogen and oxygen atoms in total. The molecule has 0 spiro atoms. The molecule has 26 heavy (non-hydrogen) atoms. The molecule has 2 aliphatic rings. The minimum absolute atomic E-state index is 0.697. The summed E-state index contributed by atoms with van der Waals surface area (Å²) in [6.45, 7) is 6.49. The van der Waals surface area contributed by atoms with Crippen LogP contribution in [0.5, 0.6) is 0 Å². The molecule has 2 atom stereocenters. The highest BCUT2D eigenvalue weighted by molar-refractivity contribution is 8.00. The molecule has 2 fully saturated rings. The smallest absolute Gasteiger partial charge is 0.191 e. The first-order valence-electron chi connectivity index (χ1n) is 10.1. The number of benzene rings is 1. The van der Waals surface area contributed by atoms with E-state index in [1.54, 1.807) is 0 Å². The van der Waals surface area contributed by atoms with Gasteiger partial charge in [0.1, 0.15) is 0 Å². The van der Waals surface area contributed by atoms with Gasteiger partial charge in [0.25, 0.3) is 0 Å². The molecule has 0 aliphatic carbocycles. The van der Waals surface area contributed by atoms with Crippen molar-refractivity contribution in [3.63, 3.8) is 0 Å². The Kier molecular flexibility index (Phi) is 7.69. The molecule has 2 saturated heterocycles. The second kappa shape index (κ2) is 10.2. The predicted octanol–water partition coefficient (Wildman–Crippen LogP) is 3.62. The quantitative estimate of drug-likeness (QED) is 0.589. The lowest BCUT2D eigenvalue weighted by Gasteiger charge is -2.33. The fourth-order valence-electron chi connectivity index (χ4n) is 3.91. The Morgan fingerprint density at radius 1 is 1.15 bits per heavy atom. The highest BCUT2D eigenvalue weighted by atomic mass is 32.2. The minimum atomic E-state index is 0.697. The molecule has 0 radical (unpaired) electrons. The van der Waals surface area contributed by atoms with E-state index in [-0.39, 0.29) is 0 Å². The Hall–Kier alpha value is -1.20.